The molecule has 6 heteroatoms. The van der Waals surface area contributed by atoms with E-state index < -0.39 is 0 Å². The van der Waals surface area contributed by atoms with E-state index >= 15 is 0 Å². The van der Waals surface area contributed by atoms with Crippen LogP contribution in [0.5, 0.6) is 0 Å². The number of benzene rings is 2. The van der Waals surface area contributed by atoms with Crippen LogP contribution in [0, 0.1) is 11.7 Å². The molecule has 0 amide bonds. The third-order valence-electron chi connectivity index (χ3n) is 6.12. The van der Waals surface area contributed by atoms with Gasteiger partial charge in [0.2, 0.25) is 0 Å². The number of rotatable bonds is 6. The van der Waals surface area contributed by atoms with Gasteiger partial charge in [-0.15, -0.1) is 10.2 Å². The molecule has 31 heavy (non-hydrogen) atoms. The highest BCUT2D eigenvalue weighted by atomic mass is 32.1. The van der Waals surface area contributed by atoms with Gasteiger partial charge >= 0.3 is 0 Å². The standard InChI is InChI=1S/C25H27FN4S/c1-16(2)13-27-20-7-9-24-22(12-20)21-11-18(25-29-28-15-31-25)6-8-23(21)30(24)14-17-4-3-5-19(26)10-17/h3-6,8,10-11,15-16,20,27H,7,9,12-14H2,1-2H3/t20-/m1/s1. The number of halogens is 1. The Kier molecular flexibility index (Phi) is 5.59. The van der Waals surface area contributed by atoms with E-state index in [9.17, 15) is 4.39 Å². The zero-order valence-corrected chi connectivity index (χ0v) is 18.8. The maximum absolute atomic E-state index is 13.8. The molecule has 1 aliphatic carbocycles. The average molecular weight is 435 g/mol. The van der Waals surface area contributed by atoms with Crippen molar-refractivity contribution in [3.8, 4) is 10.6 Å². The highest BCUT2D eigenvalue weighted by molar-refractivity contribution is 7.12. The summed E-state index contributed by atoms with van der Waals surface area (Å²) < 4.78 is 16.2. The highest BCUT2D eigenvalue weighted by Crippen LogP contribution is 2.36. The van der Waals surface area contributed by atoms with E-state index in [1.807, 2.05) is 6.07 Å². The molecule has 2 aromatic carbocycles. The van der Waals surface area contributed by atoms with Gasteiger partial charge in [0, 0.05) is 34.7 Å². The first-order chi connectivity index (χ1) is 15.1. The van der Waals surface area contributed by atoms with E-state index in [0.29, 0.717) is 18.5 Å². The van der Waals surface area contributed by atoms with Crippen LogP contribution in [0.1, 0.15) is 37.1 Å². The van der Waals surface area contributed by atoms with Crippen LogP contribution in [0.4, 0.5) is 4.39 Å². The van der Waals surface area contributed by atoms with E-state index in [2.05, 4.69) is 52.1 Å². The summed E-state index contributed by atoms with van der Waals surface area (Å²) in [4.78, 5) is 0. The van der Waals surface area contributed by atoms with Gasteiger partial charge in [0.25, 0.3) is 0 Å². The molecule has 0 saturated heterocycles. The van der Waals surface area contributed by atoms with Gasteiger partial charge in [-0.05, 0) is 73.2 Å². The third-order valence-corrected chi connectivity index (χ3v) is 6.86. The summed E-state index contributed by atoms with van der Waals surface area (Å²) in [5.41, 5.74) is 7.90. The second kappa shape index (κ2) is 8.52. The summed E-state index contributed by atoms with van der Waals surface area (Å²) in [6.07, 6.45) is 3.18. The van der Waals surface area contributed by atoms with Crippen molar-refractivity contribution >= 4 is 22.2 Å². The Labute approximate surface area is 186 Å². The van der Waals surface area contributed by atoms with Crippen molar-refractivity contribution in [1.82, 2.24) is 20.1 Å². The van der Waals surface area contributed by atoms with E-state index in [1.165, 1.54) is 28.2 Å². The van der Waals surface area contributed by atoms with Gasteiger partial charge in [0.15, 0.2) is 0 Å². The predicted molar refractivity (Wildman–Crippen MR) is 125 cm³/mol. The molecule has 5 rings (SSSR count). The molecule has 4 nitrogen and oxygen atoms in total. The fraction of sp³-hybridized carbons (Fsp3) is 0.360. The van der Waals surface area contributed by atoms with Gasteiger partial charge in [-0.1, -0.05) is 37.3 Å². The van der Waals surface area contributed by atoms with Crippen molar-refractivity contribution in [3.05, 3.63) is 70.6 Å². The highest BCUT2D eigenvalue weighted by Gasteiger charge is 2.26. The number of nitrogens with zero attached hydrogens (tertiary/aromatic N) is 3. The first kappa shape index (κ1) is 20.3. The summed E-state index contributed by atoms with van der Waals surface area (Å²) >= 11 is 1.56. The molecule has 0 unspecified atom stereocenters. The van der Waals surface area contributed by atoms with Crippen molar-refractivity contribution in [2.45, 2.75) is 45.7 Å². The van der Waals surface area contributed by atoms with Gasteiger partial charge in [0.1, 0.15) is 16.3 Å². The first-order valence-corrected chi connectivity index (χ1v) is 11.8. The van der Waals surface area contributed by atoms with Crippen molar-refractivity contribution in [3.63, 3.8) is 0 Å². The Hall–Kier alpha value is -2.57. The van der Waals surface area contributed by atoms with Crippen LogP contribution in [0.15, 0.2) is 48.0 Å². The zero-order chi connectivity index (χ0) is 21.4. The second-order valence-corrected chi connectivity index (χ2v) is 9.69. The molecular weight excluding hydrogens is 407 g/mol. The Bertz CT molecular complexity index is 1200. The molecule has 0 bridgehead atoms. The predicted octanol–water partition coefficient (Wildman–Crippen LogP) is 5.45. The van der Waals surface area contributed by atoms with Crippen LogP contribution in [-0.4, -0.2) is 27.4 Å². The van der Waals surface area contributed by atoms with Crippen LogP contribution in [0.3, 0.4) is 0 Å². The molecule has 0 spiro atoms. The van der Waals surface area contributed by atoms with Gasteiger partial charge in [-0.25, -0.2) is 4.39 Å². The molecular formula is C25H27FN4S. The Morgan fingerprint density at radius 2 is 2.13 bits per heavy atom. The Morgan fingerprint density at radius 1 is 1.23 bits per heavy atom. The normalized spacial score (nSPS) is 16.2. The summed E-state index contributed by atoms with van der Waals surface area (Å²) in [5.74, 6) is 0.457. The summed E-state index contributed by atoms with van der Waals surface area (Å²) in [7, 11) is 0. The van der Waals surface area contributed by atoms with E-state index in [-0.39, 0.29) is 5.82 Å². The Morgan fingerprint density at radius 3 is 2.90 bits per heavy atom. The largest absolute Gasteiger partial charge is 0.340 e. The first-order valence-electron chi connectivity index (χ1n) is 11.0. The monoisotopic (exact) mass is 434 g/mol. The maximum Gasteiger partial charge on any atom is 0.147 e. The zero-order valence-electron chi connectivity index (χ0n) is 17.9. The molecule has 0 fully saturated rings. The molecule has 2 heterocycles. The van der Waals surface area contributed by atoms with Gasteiger partial charge in [0.05, 0.1) is 0 Å². The fourth-order valence-electron chi connectivity index (χ4n) is 4.66. The number of nitrogens with one attached hydrogen (secondary N) is 1. The molecule has 0 radical (unpaired) electrons. The lowest BCUT2D eigenvalue weighted by Gasteiger charge is -2.26. The lowest BCUT2D eigenvalue weighted by molar-refractivity contribution is 0.421. The van der Waals surface area contributed by atoms with Crippen LogP contribution >= 0.6 is 11.3 Å². The molecule has 2 aromatic heterocycles. The van der Waals surface area contributed by atoms with Crippen LogP contribution in [-0.2, 0) is 19.4 Å². The number of hydrogen-bond acceptors (Lipinski definition) is 4. The fourth-order valence-corrected chi connectivity index (χ4v) is 5.21. The third kappa shape index (κ3) is 4.14. The van der Waals surface area contributed by atoms with E-state index in [4.69, 9.17) is 0 Å². The van der Waals surface area contributed by atoms with Gasteiger partial charge < -0.3 is 9.88 Å². The molecule has 1 N–H and O–H groups in total. The number of fused-ring (bicyclic) bond motifs is 3. The van der Waals surface area contributed by atoms with Crippen LogP contribution < -0.4 is 5.32 Å². The number of hydrogen-bond donors (Lipinski definition) is 1. The minimum Gasteiger partial charge on any atom is -0.340 e. The summed E-state index contributed by atoms with van der Waals surface area (Å²) in [6.45, 7) is 6.23. The van der Waals surface area contributed by atoms with Crippen molar-refractivity contribution in [2.75, 3.05) is 6.54 Å². The molecule has 1 atom stereocenters. The van der Waals surface area contributed by atoms with Gasteiger partial charge in [-0.2, -0.15) is 0 Å². The lowest BCUT2D eigenvalue weighted by Crippen LogP contribution is -2.36. The van der Waals surface area contributed by atoms with Crippen molar-refractivity contribution in [1.29, 1.82) is 0 Å². The van der Waals surface area contributed by atoms with Crippen LogP contribution in [0.25, 0.3) is 21.5 Å². The Balaban J connectivity index is 1.58. The topological polar surface area (TPSA) is 42.7 Å². The van der Waals surface area contributed by atoms with Crippen molar-refractivity contribution < 1.29 is 4.39 Å². The molecule has 4 aromatic rings. The molecule has 1 aliphatic rings. The van der Waals surface area contributed by atoms with Crippen molar-refractivity contribution in [2.24, 2.45) is 5.92 Å². The summed E-state index contributed by atoms with van der Waals surface area (Å²) in [6, 6.07) is 14.0. The smallest absolute Gasteiger partial charge is 0.147 e. The summed E-state index contributed by atoms with van der Waals surface area (Å²) in [5, 5.41) is 14.3. The molecule has 160 valence electrons. The van der Waals surface area contributed by atoms with E-state index in [0.717, 1.165) is 41.9 Å². The number of aromatic nitrogens is 3. The van der Waals surface area contributed by atoms with Gasteiger partial charge in [-0.3, -0.25) is 0 Å². The molecule has 0 saturated carbocycles. The maximum atomic E-state index is 13.8. The minimum atomic E-state index is -0.181. The van der Waals surface area contributed by atoms with Crippen LogP contribution in [0.2, 0.25) is 0 Å². The minimum absolute atomic E-state index is 0.181. The van der Waals surface area contributed by atoms with E-state index in [1.54, 1.807) is 29.0 Å². The average Bonchev–Trinajstić information content (AvgIpc) is 3.39. The quantitative estimate of drug-likeness (QED) is 0.439. The SMILES string of the molecule is CC(C)CN[C@@H]1CCc2c(c3cc(-c4nncs4)ccc3n2Cc2cccc(F)c2)C1. The molecule has 0 aliphatic heterocycles. The lowest BCUT2D eigenvalue weighted by atomic mass is 9.90. The second-order valence-electron chi connectivity index (χ2n) is 8.86.